The lowest BCUT2D eigenvalue weighted by Crippen LogP contribution is -2.34. The summed E-state index contributed by atoms with van der Waals surface area (Å²) in [4.78, 5) is 12.9. The lowest BCUT2D eigenvalue weighted by molar-refractivity contribution is -0.107. The van der Waals surface area contributed by atoms with Gasteiger partial charge in [-0.25, -0.2) is 8.42 Å². The van der Waals surface area contributed by atoms with Gasteiger partial charge in [0.15, 0.2) is 12.1 Å². The fourth-order valence-corrected chi connectivity index (χ4v) is 6.24. The monoisotopic (exact) mass is 557 g/mol. The van der Waals surface area contributed by atoms with Crippen LogP contribution in [0.25, 0.3) is 0 Å². The third-order valence-electron chi connectivity index (χ3n) is 6.57. The number of nitrogens with zero attached hydrogens (tertiary/aromatic N) is 1. The van der Waals surface area contributed by atoms with Crippen LogP contribution in [-0.2, 0) is 26.0 Å². The maximum absolute atomic E-state index is 13.8. The number of benzene rings is 3. The number of carbonyl (C=O) groups excluding carboxylic acids is 1. The van der Waals surface area contributed by atoms with E-state index in [9.17, 15) is 13.2 Å². The van der Waals surface area contributed by atoms with Crippen LogP contribution in [0.4, 0.5) is 0 Å². The molecule has 3 rings (SSSR count). The van der Waals surface area contributed by atoms with Gasteiger partial charge in [0.2, 0.25) is 10.0 Å². The Kier molecular flexibility index (Phi) is 11.5. The summed E-state index contributed by atoms with van der Waals surface area (Å²) < 4.78 is 39.6. The van der Waals surface area contributed by atoms with Gasteiger partial charge < -0.3 is 9.47 Å². The van der Waals surface area contributed by atoms with Crippen LogP contribution in [0.5, 0.6) is 0 Å². The van der Waals surface area contributed by atoms with Crippen molar-refractivity contribution in [2.75, 3.05) is 14.2 Å². The van der Waals surface area contributed by atoms with Gasteiger partial charge in [-0.2, -0.15) is 4.31 Å². The van der Waals surface area contributed by atoms with Crippen LogP contribution in [-0.4, -0.2) is 39.0 Å². The normalized spacial score (nSPS) is 12.7. The second-order valence-corrected chi connectivity index (χ2v) is 11.4. The summed E-state index contributed by atoms with van der Waals surface area (Å²) in [5.41, 5.74) is 2.34. The summed E-state index contributed by atoms with van der Waals surface area (Å²) in [6.07, 6.45) is 3.08. The maximum atomic E-state index is 13.8. The van der Waals surface area contributed by atoms with Crippen LogP contribution in [0.1, 0.15) is 66.6 Å². The van der Waals surface area contributed by atoms with Crippen molar-refractivity contribution in [3.8, 4) is 0 Å². The van der Waals surface area contributed by atoms with Gasteiger partial charge in [-0.1, -0.05) is 73.1 Å². The highest BCUT2D eigenvalue weighted by Gasteiger charge is 2.31. The first-order valence-corrected chi connectivity index (χ1v) is 14.6. The van der Waals surface area contributed by atoms with Crippen molar-refractivity contribution in [2.24, 2.45) is 0 Å². The summed E-state index contributed by atoms with van der Waals surface area (Å²) >= 11 is 6.02. The number of unbranched alkanes of at least 4 members (excludes halogenated alkanes) is 1. The number of hydrogen-bond donors (Lipinski definition) is 0. The Morgan fingerprint density at radius 2 is 1.53 bits per heavy atom. The third kappa shape index (κ3) is 7.98. The van der Waals surface area contributed by atoms with E-state index in [1.54, 1.807) is 38.5 Å². The number of ether oxygens (including phenoxy) is 2. The molecule has 8 heteroatoms. The molecule has 3 aromatic rings. The molecule has 0 saturated heterocycles. The third-order valence-corrected chi connectivity index (χ3v) is 8.69. The van der Waals surface area contributed by atoms with E-state index in [0.717, 1.165) is 30.4 Å². The van der Waals surface area contributed by atoms with Crippen LogP contribution in [0.15, 0.2) is 83.8 Å². The average molecular weight is 558 g/mol. The molecule has 0 fully saturated rings. The molecule has 0 aliphatic carbocycles. The lowest BCUT2D eigenvalue weighted by Gasteiger charge is -2.31. The zero-order valence-electron chi connectivity index (χ0n) is 22.2. The Balaban J connectivity index is 1.79. The van der Waals surface area contributed by atoms with Crippen LogP contribution in [0.3, 0.4) is 0 Å². The van der Waals surface area contributed by atoms with E-state index in [2.05, 4.69) is 0 Å². The van der Waals surface area contributed by atoms with Gasteiger partial charge >= 0.3 is 0 Å². The average Bonchev–Trinajstić information content (AvgIpc) is 2.94. The minimum Gasteiger partial charge on any atom is -0.356 e. The van der Waals surface area contributed by atoms with Gasteiger partial charge in [-0.3, -0.25) is 4.79 Å². The molecule has 38 heavy (non-hydrogen) atoms. The Hall–Kier alpha value is -2.55. The summed E-state index contributed by atoms with van der Waals surface area (Å²) in [5, 5.41) is 0.475. The van der Waals surface area contributed by atoms with Crippen molar-refractivity contribution in [3.05, 3.63) is 101 Å². The zero-order valence-corrected chi connectivity index (χ0v) is 23.7. The number of sulfonamides is 1. The van der Waals surface area contributed by atoms with Crippen molar-refractivity contribution < 1.29 is 22.7 Å². The second-order valence-electron chi connectivity index (χ2n) is 9.11. The predicted molar refractivity (Wildman–Crippen MR) is 151 cm³/mol. The molecule has 0 aliphatic rings. The first-order chi connectivity index (χ1) is 18.3. The molecule has 204 valence electrons. The highest BCUT2D eigenvalue weighted by molar-refractivity contribution is 7.89. The number of halogens is 1. The van der Waals surface area contributed by atoms with Crippen LogP contribution < -0.4 is 0 Å². The van der Waals surface area contributed by atoms with Crippen molar-refractivity contribution in [2.45, 2.75) is 62.8 Å². The van der Waals surface area contributed by atoms with E-state index in [4.69, 9.17) is 21.1 Å². The molecule has 0 aromatic heterocycles. The topological polar surface area (TPSA) is 72.9 Å². The fourth-order valence-electron chi connectivity index (χ4n) is 4.43. The molecule has 0 spiro atoms. The highest BCUT2D eigenvalue weighted by Crippen LogP contribution is 2.32. The second kappa shape index (κ2) is 14.6. The smallest absolute Gasteiger partial charge is 0.243 e. The van der Waals surface area contributed by atoms with Crippen molar-refractivity contribution in [3.63, 3.8) is 0 Å². The van der Waals surface area contributed by atoms with Gasteiger partial charge in [0.25, 0.3) is 0 Å². The number of ketones is 1. The number of Topliss-reactive ketones (excluding diaryl/α,β-unsaturated/α-hetero) is 1. The molecule has 0 N–H and O–H groups in total. The van der Waals surface area contributed by atoms with E-state index in [0.29, 0.717) is 23.4 Å². The number of carbonyl (C=O) groups is 1. The molecular weight excluding hydrogens is 522 g/mol. The Morgan fingerprint density at radius 1 is 0.895 bits per heavy atom. The summed E-state index contributed by atoms with van der Waals surface area (Å²) in [6, 6.07) is 22.7. The quantitative estimate of drug-likeness (QED) is 0.114. The molecule has 6 nitrogen and oxygen atoms in total. The molecule has 0 bridgehead atoms. The number of rotatable bonds is 15. The van der Waals surface area contributed by atoms with Gasteiger partial charge in [0.1, 0.15) is 0 Å². The molecule has 0 amide bonds. The molecule has 3 aromatic carbocycles. The summed E-state index contributed by atoms with van der Waals surface area (Å²) in [7, 11) is -0.636. The maximum Gasteiger partial charge on any atom is 0.243 e. The highest BCUT2D eigenvalue weighted by atomic mass is 35.5. The molecule has 0 radical (unpaired) electrons. The summed E-state index contributed by atoms with van der Waals surface area (Å²) in [6.45, 7) is 2.15. The van der Waals surface area contributed by atoms with Crippen LogP contribution in [0, 0.1) is 0 Å². The molecule has 1 unspecified atom stereocenters. The number of hydrogen-bond acceptors (Lipinski definition) is 5. The SMILES string of the molecule is CCC(c1ccccc1)N(Cc1ccc(C(=O)CCCCC(OC)OC)cc1)S(=O)(=O)c1ccc(Cl)cc1. The molecular formula is C30H36ClNO5S. The van der Waals surface area contributed by atoms with Gasteiger partial charge in [-0.05, 0) is 61.1 Å². The van der Waals surface area contributed by atoms with E-state index in [1.807, 2.05) is 49.4 Å². The van der Waals surface area contributed by atoms with E-state index in [1.165, 1.54) is 16.4 Å². The largest absolute Gasteiger partial charge is 0.356 e. The molecule has 0 saturated carbocycles. The Morgan fingerprint density at radius 3 is 2.11 bits per heavy atom. The first kappa shape index (κ1) is 30.0. The van der Waals surface area contributed by atoms with Crippen molar-refractivity contribution in [1.82, 2.24) is 4.31 Å². The molecule has 1 atom stereocenters. The minimum absolute atomic E-state index is 0.0595. The predicted octanol–water partition coefficient (Wildman–Crippen LogP) is 7.04. The Bertz CT molecular complexity index is 1240. The number of methoxy groups -OCH3 is 2. The Labute approximate surface area is 231 Å². The molecule has 0 aliphatic heterocycles. The van der Waals surface area contributed by atoms with Crippen LogP contribution in [0.2, 0.25) is 5.02 Å². The van der Waals surface area contributed by atoms with Gasteiger partial charge in [0.05, 0.1) is 10.9 Å². The lowest BCUT2D eigenvalue weighted by atomic mass is 10.0. The van der Waals surface area contributed by atoms with E-state index < -0.39 is 10.0 Å². The van der Waals surface area contributed by atoms with E-state index >= 15 is 0 Å². The zero-order chi connectivity index (χ0) is 27.5. The minimum atomic E-state index is -3.84. The van der Waals surface area contributed by atoms with Crippen molar-refractivity contribution >= 4 is 27.4 Å². The van der Waals surface area contributed by atoms with Gasteiger partial charge in [-0.15, -0.1) is 0 Å². The standard InChI is InChI=1S/C30H36ClNO5S/c1-4-28(24-10-6-5-7-11-24)32(38(34,35)27-20-18-26(31)19-21-27)22-23-14-16-25(17-15-23)29(33)12-8-9-13-30(36-2)37-3/h5-7,10-11,14-21,28,30H,4,8-9,12-13,22H2,1-3H3. The molecule has 0 heterocycles. The van der Waals surface area contributed by atoms with Crippen LogP contribution >= 0.6 is 11.6 Å². The van der Waals surface area contributed by atoms with Gasteiger partial charge in [0, 0.05) is 37.8 Å². The fraction of sp³-hybridized carbons (Fsp3) is 0.367. The van der Waals surface area contributed by atoms with E-state index in [-0.39, 0.29) is 29.6 Å². The first-order valence-electron chi connectivity index (χ1n) is 12.8. The summed E-state index contributed by atoms with van der Waals surface area (Å²) in [5.74, 6) is 0.0595. The van der Waals surface area contributed by atoms with Crippen molar-refractivity contribution in [1.29, 1.82) is 0 Å².